The molecule has 0 saturated heterocycles. The van der Waals surface area contributed by atoms with Gasteiger partial charge in [0.1, 0.15) is 27.8 Å². The summed E-state index contributed by atoms with van der Waals surface area (Å²) >= 11 is 1.80. The van der Waals surface area contributed by atoms with Crippen molar-refractivity contribution in [3.8, 4) is 22.6 Å². The van der Waals surface area contributed by atoms with Gasteiger partial charge < -0.3 is 18.2 Å². The third-order valence-electron chi connectivity index (χ3n) is 10.7. The van der Waals surface area contributed by atoms with Crippen LogP contribution in [0.25, 0.3) is 97.7 Å². The Bertz CT molecular complexity index is 3330. The zero-order valence-corrected chi connectivity index (χ0v) is 30.0. The van der Waals surface area contributed by atoms with Gasteiger partial charge in [0.25, 0.3) is 0 Å². The summed E-state index contributed by atoms with van der Waals surface area (Å²) in [6.45, 7) is 0. The summed E-state index contributed by atoms with van der Waals surface area (Å²) in [7, 11) is 0. The first-order chi connectivity index (χ1) is 27.2. The molecule has 258 valence electrons. The van der Waals surface area contributed by atoms with E-state index in [0.717, 1.165) is 94.1 Å². The largest absolute Gasteiger partial charge is 0.456 e. The van der Waals surface area contributed by atoms with Crippen molar-refractivity contribution < 1.29 is 13.3 Å². The molecule has 0 fully saturated rings. The monoisotopic (exact) mass is 724 g/mol. The number of fused-ring (bicyclic) bond motifs is 11. The molecule has 0 spiro atoms. The van der Waals surface area contributed by atoms with Crippen LogP contribution in [0.1, 0.15) is 0 Å². The highest BCUT2D eigenvalue weighted by Gasteiger charge is 2.21. The number of para-hydroxylation sites is 2. The molecule has 0 aliphatic heterocycles. The molecule has 0 N–H and O–H groups in total. The Morgan fingerprint density at radius 2 is 1.00 bits per heavy atom. The average Bonchev–Trinajstić information content (AvgIpc) is 4.02. The van der Waals surface area contributed by atoms with Crippen LogP contribution < -0.4 is 4.90 Å². The summed E-state index contributed by atoms with van der Waals surface area (Å²) in [6, 6.07) is 59.1. The molecule has 6 heteroatoms. The minimum atomic E-state index is 0.625. The third kappa shape index (κ3) is 4.68. The maximum absolute atomic E-state index is 6.55. The molecule has 4 aromatic heterocycles. The van der Waals surface area contributed by atoms with E-state index in [9.17, 15) is 0 Å². The molecule has 0 radical (unpaired) electrons. The van der Waals surface area contributed by atoms with Crippen molar-refractivity contribution in [1.29, 1.82) is 0 Å². The second-order valence-electron chi connectivity index (χ2n) is 13.9. The molecule has 12 rings (SSSR count). The van der Waals surface area contributed by atoms with Crippen molar-refractivity contribution >= 4 is 104 Å². The van der Waals surface area contributed by atoms with Gasteiger partial charge in [0, 0.05) is 69.9 Å². The number of thiophene rings is 1. The van der Waals surface area contributed by atoms with Crippen LogP contribution in [0.5, 0.6) is 0 Å². The maximum atomic E-state index is 6.55. The molecule has 0 bridgehead atoms. The first-order valence-corrected chi connectivity index (χ1v) is 19.1. The molecule has 0 amide bonds. The standard InChI is InChI=1S/C49H28N2O3S/c1-2-10-30(11-3-1)49-50-40-28-37(48-46(47(40)54-49)36-14-6-9-17-45(36)55-48)29-18-20-31(21-19-29)51(32-22-24-43-38(26-32)34-12-4-7-15-41(34)52-43)33-23-25-44-39(27-33)35-13-5-8-16-42(35)53-44/h1-28H. The number of benzene rings is 8. The Balaban J connectivity index is 1.05. The van der Waals surface area contributed by atoms with Crippen molar-refractivity contribution in [2.75, 3.05) is 4.90 Å². The molecular weight excluding hydrogens is 697 g/mol. The second kappa shape index (κ2) is 11.7. The van der Waals surface area contributed by atoms with E-state index in [4.69, 9.17) is 18.2 Å². The lowest BCUT2D eigenvalue weighted by Crippen LogP contribution is -2.09. The van der Waals surface area contributed by atoms with Gasteiger partial charge in [-0.15, -0.1) is 11.3 Å². The fourth-order valence-electron chi connectivity index (χ4n) is 8.13. The number of anilines is 3. The van der Waals surface area contributed by atoms with Gasteiger partial charge >= 0.3 is 0 Å². The quantitative estimate of drug-likeness (QED) is 0.177. The minimum Gasteiger partial charge on any atom is -0.456 e. The number of nitrogens with zero attached hydrogens (tertiary/aromatic N) is 2. The Hall–Kier alpha value is -7.15. The normalized spacial score (nSPS) is 12.0. The molecule has 0 aliphatic carbocycles. The van der Waals surface area contributed by atoms with Gasteiger partial charge in [-0.1, -0.05) is 84.9 Å². The molecule has 0 aliphatic rings. The highest BCUT2D eigenvalue weighted by molar-refractivity contribution is 7.26. The number of oxazole rings is 1. The number of hydrogen-bond donors (Lipinski definition) is 0. The number of aromatic nitrogens is 1. The summed E-state index contributed by atoms with van der Waals surface area (Å²) < 4.78 is 21.4. The minimum absolute atomic E-state index is 0.625. The van der Waals surface area contributed by atoms with E-state index in [2.05, 4.69) is 120 Å². The predicted molar refractivity (Wildman–Crippen MR) is 227 cm³/mol. The molecule has 5 nitrogen and oxygen atoms in total. The molecule has 8 aromatic carbocycles. The third-order valence-corrected chi connectivity index (χ3v) is 11.9. The van der Waals surface area contributed by atoms with Crippen molar-refractivity contribution in [3.63, 3.8) is 0 Å². The summed E-state index contributed by atoms with van der Waals surface area (Å²) in [5.74, 6) is 0.625. The Morgan fingerprint density at radius 1 is 0.436 bits per heavy atom. The van der Waals surface area contributed by atoms with E-state index in [-0.39, 0.29) is 0 Å². The lowest BCUT2D eigenvalue weighted by Gasteiger charge is -2.26. The van der Waals surface area contributed by atoms with E-state index in [1.807, 2.05) is 54.6 Å². The van der Waals surface area contributed by atoms with E-state index >= 15 is 0 Å². The maximum Gasteiger partial charge on any atom is 0.227 e. The van der Waals surface area contributed by atoms with Crippen LogP contribution in [-0.4, -0.2) is 4.98 Å². The first-order valence-electron chi connectivity index (χ1n) is 18.3. The number of hydrogen-bond acceptors (Lipinski definition) is 6. The molecular formula is C49H28N2O3S. The highest BCUT2D eigenvalue weighted by Crippen LogP contribution is 2.46. The molecule has 0 saturated carbocycles. The smallest absolute Gasteiger partial charge is 0.227 e. The van der Waals surface area contributed by atoms with Gasteiger partial charge in [0.2, 0.25) is 5.89 Å². The van der Waals surface area contributed by atoms with Crippen LogP contribution in [-0.2, 0) is 0 Å². The van der Waals surface area contributed by atoms with Crippen LogP contribution in [0.4, 0.5) is 17.1 Å². The lowest BCUT2D eigenvalue weighted by atomic mass is 10.0. The molecule has 0 unspecified atom stereocenters. The summed E-state index contributed by atoms with van der Waals surface area (Å²) in [5.41, 5.74) is 11.4. The van der Waals surface area contributed by atoms with Crippen molar-refractivity contribution in [2.45, 2.75) is 0 Å². The number of furan rings is 2. The Morgan fingerprint density at radius 3 is 1.67 bits per heavy atom. The fourth-order valence-corrected chi connectivity index (χ4v) is 9.37. The van der Waals surface area contributed by atoms with E-state index in [1.54, 1.807) is 11.3 Å². The summed E-state index contributed by atoms with van der Waals surface area (Å²) in [4.78, 5) is 7.34. The molecule has 4 heterocycles. The van der Waals surface area contributed by atoms with Crippen LogP contribution >= 0.6 is 11.3 Å². The van der Waals surface area contributed by atoms with E-state index in [1.165, 1.54) is 14.8 Å². The summed E-state index contributed by atoms with van der Waals surface area (Å²) in [6.07, 6.45) is 0. The van der Waals surface area contributed by atoms with Crippen LogP contribution in [0, 0.1) is 0 Å². The SMILES string of the molecule is c1ccc(-c2nc3cc(-c4ccc(N(c5ccc6oc7ccccc7c6c5)c5ccc6oc7ccccc7c6c5)cc4)c4sc5ccccc5c4c3o2)cc1. The molecule has 12 aromatic rings. The van der Waals surface area contributed by atoms with Crippen LogP contribution in [0.2, 0.25) is 0 Å². The zero-order valence-electron chi connectivity index (χ0n) is 29.2. The average molecular weight is 725 g/mol. The predicted octanol–water partition coefficient (Wildman–Crippen LogP) is 14.8. The van der Waals surface area contributed by atoms with E-state index in [0.29, 0.717) is 5.89 Å². The molecule has 0 atom stereocenters. The van der Waals surface area contributed by atoms with E-state index < -0.39 is 0 Å². The van der Waals surface area contributed by atoms with Crippen LogP contribution in [0.15, 0.2) is 183 Å². The second-order valence-corrected chi connectivity index (χ2v) is 15.0. The first kappa shape index (κ1) is 30.3. The topological polar surface area (TPSA) is 55.6 Å². The van der Waals surface area contributed by atoms with Crippen molar-refractivity contribution in [3.05, 3.63) is 170 Å². The fraction of sp³-hybridized carbons (Fsp3) is 0. The highest BCUT2D eigenvalue weighted by atomic mass is 32.1. The van der Waals surface area contributed by atoms with Gasteiger partial charge in [-0.05, 0) is 90.5 Å². The summed E-state index contributed by atoms with van der Waals surface area (Å²) in [5, 5.41) is 6.63. The van der Waals surface area contributed by atoms with Crippen molar-refractivity contribution in [1.82, 2.24) is 4.98 Å². The van der Waals surface area contributed by atoms with Crippen LogP contribution in [0.3, 0.4) is 0 Å². The van der Waals surface area contributed by atoms with Gasteiger partial charge in [-0.2, -0.15) is 0 Å². The Kier molecular flexibility index (Phi) is 6.44. The van der Waals surface area contributed by atoms with Gasteiger partial charge in [0.05, 0.1) is 0 Å². The molecule has 55 heavy (non-hydrogen) atoms. The number of rotatable bonds is 5. The van der Waals surface area contributed by atoms with Crippen molar-refractivity contribution in [2.24, 2.45) is 0 Å². The Labute approximate surface area is 317 Å². The zero-order chi connectivity index (χ0) is 36.0. The van der Waals surface area contributed by atoms with Gasteiger partial charge in [-0.25, -0.2) is 4.98 Å². The van der Waals surface area contributed by atoms with Gasteiger partial charge in [-0.3, -0.25) is 0 Å². The lowest BCUT2D eigenvalue weighted by molar-refractivity contribution is 0.623. The van der Waals surface area contributed by atoms with Gasteiger partial charge in [0.15, 0.2) is 5.58 Å².